The Kier molecular flexibility index (Phi) is 3.66. The first-order valence-electron chi connectivity index (χ1n) is 7.87. The fourth-order valence-electron chi connectivity index (χ4n) is 3.34. The molecule has 21 heavy (non-hydrogen) atoms. The molecule has 4 nitrogen and oxygen atoms in total. The van der Waals surface area contributed by atoms with Crippen molar-refractivity contribution in [2.45, 2.75) is 58.1 Å². The quantitative estimate of drug-likeness (QED) is 0.578. The molecule has 0 radical (unpaired) electrons. The first-order valence-corrected chi connectivity index (χ1v) is 7.87. The highest BCUT2D eigenvalue weighted by Crippen LogP contribution is 2.42. The first-order chi connectivity index (χ1) is 9.98. The van der Waals surface area contributed by atoms with Gasteiger partial charge in [0, 0.05) is 11.1 Å². The predicted octanol–water partition coefficient (Wildman–Crippen LogP) is 2.45. The smallest absolute Gasteiger partial charge is 0.193 e. The Hall–Kier alpha value is -1.55. The van der Waals surface area contributed by atoms with Crippen LogP contribution in [0.4, 0.5) is 5.69 Å². The molecule has 0 bridgehead atoms. The van der Waals surface area contributed by atoms with Crippen LogP contribution in [-0.2, 0) is 12.8 Å². The summed E-state index contributed by atoms with van der Waals surface area (Å²) in [6.45, 7) is 4.07. The molecule has 0 aliphatic heterocycles. The van der Waals surface area contributed by atoms with Crippen LogP contribution in [0.3, 0.4) is 0 Å². The minimum atomic E-state index is -0.275. The molecular weight excluding hydrogens is 262 g/mol. The number of anilines is 1. The summed E-state index contributed by atoms with van der Waals surface area (Å²) in [5, 5.41) is 13.0. The summed E-state index contributed by atoms with van der Waals surface area (Å²) < 4.78 is 0. The molecule has 4 N–H and O–H groups in total. The van der Waals surface area contributed by atoms with Crippen molar-refractivity contribution in [3.05, 3.63) is 29.3 Å². The lowest BCUT2D eigenvalue weighted by Gasteiger charge is -2.46. The van der Waals surface area contributed by atoms with Crippen LogP contribution in [0.25, 0.3) is 0 Å². The summed E-state index contributed by atoms with van der Waals surface area (Å²) in [4.78, 5) is 4.55. The molecule has 2 unspecified atom stereocenters. The second-order valence-corrected chi connectivity index (χ2v) is 6.88. The topological polar surface area (TPSA) is 70.6 Å². The number of fused-ring (bicyclic) bond motifs is 1. The molecule has 3 rings (SSSR count). The van der Waals surface area contributed by atoms with Gasteiger partial charge in [-0.15, -0.1) is 0 Å². The third-order valence-corrected chi connectivity index (χ3v) is 5.12. The summed E-state index contributed by atoms with van der Waals surface area (Å²) >= 11 is 0. The highest BCUT2D eigenvalue weighted by Gasteiger charge is 2.47. The van der Waals surface area contributed by atoms with E-state index >= 15 is 0 Å². The zero-order valence-electron chi connectivity index (χ0n) is 12.9. The van der Waals surface area contributed by atoms with Gasteiger partial charge >= 0.3 is 0 Å². The Bertz CT molecular complexity index is 565. The number of nitrogens with zero attached hydrogens (tertiary/aromatic N) is 1. The number of aliphatic hydroxyl groups excluding tert-OH is 1. The lowest BCUT2D eigenvalue weighted by Crippen LogP contribution is -2.53. The number of nitrogens with two attached hydrogens (primary N) is 1. The minimum Gasteiger partial charge on any atom is -0.392 e. The highest BCUT2D eigenvalue weighted by molar-refractivity contribution is 5.93. The maximum Gasteiger partial charge on any atom is 0.193 e. The van der Waals surface area contributed by atoms with Crippen molar-refractivity contribution in [3.8, 4) is 0 Å². The number of hydrogen-bond acceptors (Lipinski definition) is 2. The van der Waals surface area contributed by atoms with Gasteiger partial charge in [0.15, 0.2) is 5.96 Å². The number of aliphatic hydroxyl groups is 1. The van der Waals surface area contributed by atoms with E-state index in [0.29, 0.717) is 12.4 Å². The minimum absolute atomic E-state index is 0.0968. The Balaban J connectivity index is 1.75. The van der Waals surface area contributed by atoms with Gasteiger partial charge in [0.05, 0.1) is 12.1 Å². The van der Waals surface area contributed by atoms with E-state index in [0.717, 1.165) is 18.5 Å². The summed E-state index contributed by atoms with van der Waals surface area (Å²) in [5.74, 6) is 0.457. The Morgan fingerprint density at radius 3 is 2.81 bits per heavy atom. The van der Waals surface area contributed by atoms with E-state index in [9.17, 15) is 5.11 Å². The molecule has 2 atom stereocenters. The third kappa shape index (κ3) is 2.64. The van der Waals surface area contributed by atoms with Gasteiger partial charge in [-0.2, -0.15) is 0 Å². The molecule has 0 spiro atoms. The lowest BCUT2D eigenvalue weighted by molar-refractivity contribution is -0.0576. The first kappa shape index (κ1) is 14.4. The van der Waals surface area contributed by atoms with E-state index in [1.54, 1.807) is 0 Å². The number of nitrogens with one attached hydrogen (secondary N) is 1. The standard InChI is InChI=1S/C17H25N3O/c1-17(2)14(10-15(17)21)20-16(18)19-13-9-5-7-11-6-3-4-8-12(11)13/h5,7,9,14-15,21H,3-4,6,8,10H2,1-2H3,(H3,18,19,20). The zero-order chi connectivity index (χ0) is 15.0. The second kappa shape index (κ2) is 5.34. The van der Waals surface area contributed by atoms with Gasteiger partial charge in [-0.1, -0.05) is 26.0 Å². The normalized spacial score (nSPS) is 27.7. The molecule has 1 saturated carbocycles. The number of hydrogen-bond donors (Lipinski definition) is 3. The van der Waals surface area contributed by atoms with E-state index in [1.165, 1.54) is 24.0 Å². The molecule has 0 amide bonds. The average molecular weight is 287 g/mol. The molecule has 1 aromatic rings. The maximum absolute atomic E-state index is 9.78. The van der Waals surface area contributed by atoms with E-state index in [2.05, 4.69) is 28.5 Å². The summed E-state index contributed by atoms with van der Waals surface area (Å²) in [6.07, 6.45) is 5.20. The van der Waals surface area contributed by atoms with E-state index < -0.39 is 0 Å². The molecule has 4 heteroatoms. The molecule has 0 saturated heterocycles. The van der Waals surface area contributed by atoms with Crippen LogP contribution in [0.2, 0.25) is 0 Å². The number of benzene rings is 1. The van der Waals surface area contributed by atoms with Gasteiger partial charge in [-0.05, 0) is 49.3 Å². The van der Waals surface area contributed by atoms with Gasteiger partial charge in [-0.3, -0.25) is 0 Å². The van der Waals surface area contributed by atoms with E-state index in [4.69, 9.17) is 5.73 Å². The molecule has 1 aromatic carbocycles. The van der Waals surface area contributed by atoms with Crippen LogP contribution in [0, 0.1) is 5.41 Å². The van der Waals surface area contributed by atoms with E-state index in [1.807, 2.05) is 13.8 Å². The third-order valence-electron chi connectivity index (χ3n) is 5.12. The number of aliphatic imine (C=N–C) groups is 1. The number of guanidine groups is 1. The lowest BCUT2D eigenvalue weighted by atomic mass is 9.65. The maximum atomic E-state index is 9.78. The summed E-state index contributed by atoms with van der Waals surface area (Å²) in [7, 11) is 0. The van der Waals surface area contributed by atoms with Gasteiger partial charge in [0.2, 0.25) is 0 Å². The molecule has 114 valence electrons. The van der Waals surface area contributed by atoms with Crippen molar-refractivity contribution >= 4 is 11.6 Å². The fraction of sp³-hybridized carbons (Fsp3) is 0.588. The van der Waals surface area contributed by atoms with Gasteiger partial charge in [0.25, 0.3) is 0 Å². The van der Waals surface area contributed by atoms with Crippen molar-refractivity contribution in [1.29, 1.82) is 0 Å². The zero-order valence-corrected chi connectivity index (χ0v) is 12.9. The predicted molar refractivity (Wildman–Crippen MR) is 86.5 cm³/mol. The van der Waals surface area contributed by atoms with Gasteiger partial charge < -0.3 is 16.2 Å². The van der Waals surface area contributed by atoms with Crippen molar-refractivity contribution in [2.75, 3.05) is 5.32 Å². The van der Waals surface area contributed by atoms with Crippen molar-refractivity contribution in [1.82, 2.24) is 0 Å². The van der Waals surface area contributed by atoms with Gasteiger partial charge in [-0.25, -0.2) is 4.99 Å². The highest BCUT2D eigenvalue weighted by atomic mass is 16.3. The van der Waals surface area contributed by atoms with Crippen LogP contribution in [-0.4, -0.2) is 23.2 Å². The van der Waals surface area contributed by atoms with Crippen LogP contribution in [0.15, 0.2) is 23.2 Å². The largest absolute Gasteiger partial charge is 0.392 e. The number of rotatable bonds is 2. The Labute approximate surface area is 126 Å². The van der Waals surface area contributed by atoms with Crippen molar-refractivity contribution < 1.29 is 5.11 Å². The Morgan fingerprint density at radius 2 is 2.10 bits per heavy atom. The van der Waals surface area contributed by atoms with Gasteiger partial charge in [0.1, 0.15) is 0 Å². The van der Waals surface area contributed by atoms with Crippen LogP contribution < -0.4 is 11.1 Å². The average Bonchev–Trinajstić information content (AvgIpc) is 2.47. The number of aryl methyl sites for hydroxylation is 1. The van der Waals surface area contributed by atoms with Crippen molar-refractivity contribution in [3.63, 3.8) is 0 Å². The molecule has 2 aliphatic rings. The summed E-state index contributed by atoms with van der Waals surface area (Å²) in [5.41, 5.74) is 9.80. The van der Waals surface area contributed by atoms with E-state index in [-0.39, 0.29) is 17.6 Å². The molecule has 0 heterocycles. The molecule has 2 aliphatic carbocycles. The molecule has 0 aromatic heterocycles. The van der Waals surface area contributed by atoms with Crippen LogP contribution >= 0.6 is 0 Å². The van der Waals surface area contributed by atoms with Crippen LogP contribution in [0.5, 0.6) is 0 Å². The van der Waals surface area contributed by atoms with Crippen molar-refractivity contribution in [2.24, 2.45) is 16.1 Å². The monoisotopic (exact) mass is 287 g/mol. The Morgan fingerprint density at radius 1 is 1.33 bits per heavy atom. The molecular formula is C17H25N3O. The summed E-state index contributed by atoms with van der Waals surface area (Å²) in [6, 6.07) is 6.46. The van der Waals surface area contributed by atoms with Crippen LogP contribution in [0.1, 0.15) is 44.2 Å². The SMILES string of the molecule is CC1(C)C(O)CC1N=C(N)Nc1cccc2c1CCCC2. The second-order valence-electron chi connectivity index (χ2n) is 6.88. The molecule has 1 fully saturated rings. The fourth-order valence-corrected chi connectivity index (χ4v) is 3.34.